The molecule has 0 aromatic carbocycles. The van der Waals surface area contributed by atoms with E-state index < -0.39 is 0 Å². The van der Waals surface area contributed by atoms with Crippen LogP contribution in [0, 0.1) is 6.92 Å². The molecule has 0 saturated carbocycles. The summed E-state index contributed by atoms with van der Waals surface area (Å²) in [6, 6.07) is 5.75. The van der Waals surface area contributed by atoms with E-state index in [4.69, 9.17) is 0 Å². The van der Waals surface area contributed by atoms with E-state index in [0.29, 0.717) is 5.82 Å². The zero-order valence-electron chi connectivity index (χ0n) is 13.9. The van der Waals surface area contributed by atoms with Crippen LogP contribution < -0.4 is 0 Å². The molecule has 0 fully saturated rings. The average Bonchev–Trinajstić information content (AvgIpc) is 2.93. The lowest BCUT2D eigenvalue weighted by Crippen LogP contribution is -2.31. The van der Waals surface area contributed by atoms with E-state index in [2.05, 4.69) is 33.2 Å². The van der Waals surface area contributed by atoms with Crippen LogP contribution in [0.4, 0.5) is 0 Å². The Hall–Kier alpha value is -2.40. The standard InChI is InChI=1S/C19H22N4O/c1-14-6-5-9-18(20-14)23-19(24)16-13-22(11-10-17(16)21-23)12-15-7-3-2-4-8-15/h3,5-9,24H,2,4,10-13H2,1H3. The van der Waals surface area contributed by atoms with Crippen molar-refractivity contribution in [2.24, 2.45) is 0 Å². The number of hydrogen-bond donors (Lipinski definition) is 1. The molecule has 3 heterocycles. The predicted octanol–water partition coefficient (Wildman–Crippen LogP) is 2.92. The molecule has 2 aromatic heterocycles. The van der Waals surface area contributed by atoms with Crippen LogP contribution in [0.1, 0.15) is 29.8 Å². The number of aromatic hydroxyl groups is 1. The fourth-order valence-electron chi connectivity index (χ4n) is 3.40. The van der Waals surface area contributed by atoms with E-state index in [1.807, 2.05) is 25.1 Å². The van der Waals surface area contributed by atoms with Crippen molar-refractivity contribution in [3.63, 3.8) is 0 Å². The minimum atomic E-state index is 0.223. The lowest BCUT2D eigenvalue weighted by molar-refractivity contribution is 0.271. The second-order valence-electron chi connectivity index (χ2n) is 6.52. The van der Waals surface area contributed by atoms with Gasteiger partial charge in [-0.05, 0) is 37.5 Å². The number of rotatable bonds is 3. The quantitative estimate of drug-likeness (QED) is 0.944. The highest BCUT2D eigenvalue weighted by atomic mass is 16.3. The molecule has 0 radical (unpaired) electrons. The number of fused-ring (bicyclic) bond motifs is 1. The maximum absolute atomic E-state index is 10.6. The molecule has 5 nitrogen and oxygen atoms in total. The minimum Gasteiger partial charge on any atom is -0.493 e. The molecule has 0 bridgehead atoms. The summed E-state index contributed by atoms with van der Waals surface area (Å²) >= 11 is 0. The summed E-state index contributed by atoms with van der Waals surface area (Å²) in [6.07, 6.45) is 9.91. The van der Waals surface area contributed by atoms with E-state index in [1.165, 1.54) is 5.57 Å². The van der Waals surface area contributed by atoms with Crippen molar-refractivity contribution in [2.45, 2.75) is 32.7 Å². The predicted molar refractivity (Wildman–Crippen MR) is 93.2 cm³/mol. The van der Waals surface area contributed by atoms with Crippen LogP contribution >= 0.6 is 0 Å². The van der Waals surface area contributed by atoms with E-state index in [1.54, 1.807) is 4.68 Å². The number of pyridine rings is 1. The average molecular weight is 322 g/mol. The van der Waals surface area contributed by atoms with Gasteiger partial charge in [0.1, 0.15) is 0 Å². The maximum atomic E-state index is 10.6. The second-order valence-corrected chi connectivity index (χ2v) is 6.52. The van der Waals surface area contributed by atoms with Crippen LogP contribution in [0.25, 0.3) is 5.82 Å². The molecule has 24 heavy (non-hydrogen) atoms. The number of nitrogens with zero attached hydrogens (tertiary/aromatic N) is 4. The summed E-state index contributed by atoms with van der Waals surface area (Å²) in [6.45, 7) is 4.58. The maximum Gasteiger partial charge on any atom is 0.220 e. The van der Waals surface area contributed by atoms with Gasteiger partial charge in [-0.2, -0.15) is 9.78 Å². The molecule has 5 heteroatoms. The van der Waals surface area contributed by atoms with E-state index in [9.17, 15) is 5.11 Å². The van der Waals surface area contributed by atoms with Gasteiger partial charge < -0.3 is 5.11 Å². The van der Waals surface area contributed by atoms with E-state index in [0.717, 1.165) is 55.8 Å². The molecule has 4 rings (SSSR count). The molecule has 1 aliphatic heterocycles. The van der Waals surface area contributed by atoms with Gasteiger partial charge in [-0.1, -0.05) is 24.3 Å². The first-order chi connectivity index (χ1) is 11.7. The first-order valence-corrected chi connectivity index (χ1v) is 8.52. The molecule has 124 valence electrons. The van der Waals surface area contributed by atoms with Crippen molar-refractivity contribution in [3.8, 4) is 11.7 Å². The van der Waals surface area contributed by atoms with Crippen molar-refractivity contribution in [1.29, 1.82) is 0 Å². The van der Waals surface area contributed by atoms with Crippen LogP contribution in [-0.4, -0.2) is 37.9 Å². The molecule has 0 atom stereocenters. The number of aryl methyl sites for hydroxylation is 1. The lowest BCUT2D eigenvalue weighted by Gasteiger charge is -2.26. The summed E-state index contributed by atoms with van der Waals surface area (Å²) in [5, 5.41) is 15.2. The number of hydrogen-bond acceptors (Lipinski definition) is 4. The Bertz CT molecular complexity index is 819. The van der Waals surface area contributed by atoms with Crippen molar-refractivity contribution in [1.82, 2.24) is 19.7 Å². The minimum absolute atomic E-state index is 0.223. The van der Waals surface area contributed by atoms with Crippen molar-refractivity contribution >= 4 is 0 Å². The highest BCUT2D eigenvalue weighted by Gasteiger charge is 2.25. The van der Waals surface area contributed by atoms with Crippen LogP contribution in [0.15, 0.2) is 42.0 Å². The summed E-state index contributed by atoms with van der Waals surface area (Å²) in [4.78, 5) is 6.84. The van der Waals surface area contributed by atoms with Gasteiger partial charge in [-0.25, -0.2) is 4.98 Å². The molecule has 1 N–H and O–H groups in total. The van der Waals surface area contributed by atoms with Crippen molar-refractivity contribution < 1.29 is 5.11 Å². The first-order valence-electron chi connectivity index (χ1n) is 8.52. The van der Waals surface area contributed by atoms with Gasteiger partial charge >= 0.3 is 0 Å². The third kappa shape index (κ3) is 2.87. The van der Waals surface area contributed by atoms with Crippen LogP contribution in [-0.2, 0) is 13.0 Å². The van der Waals surface area contributed by atoms with E-state index in [-0.39, 0.29) is 5.88 Å². The van der Waals surface area contributed by atoms with Gasteiger partial charge in [0.2, 0.25) is 5.88 Å². The third-order valence-corrected chi connectivity index (χ3v) is 4.65. The Balaban J connectivity index is 1.58. The zero-order chi connectivity index (χ0) is 16.5. The monoisotopic (exact) mass is 322 g/mol. The van der Waals surface area contributed by atoms with Gasteiger partial charge in [-0.15, -0.1) is 0 Å². The summed E-state index contributed by atoms with van der Waals surface area (Å²) < 4.78 is 1.57. The topological polar surface area (TPSA) is 54.2 Å². The van der Waals surface area contributed by atoms with Crippen molar-refractivity contribution in [2.75, 3.05) is 13.1 Å². The summed E-state index contributed by atoms with van der Waals surface area (Å²) in [7, 11) is 0. The normalized spacial score (nSPS) is 17.6. The highest BCUT2D eigenvalue weighted by Crippen LogP contribution is 2.29. The molecular weight excluding hydrogens is 300 g/mol. The Morgan fingerprint density at radius 2 is 2.17 bits per heavy atom. The molecule has 0 spiro atoms. The Labute approximate surface area is 141 Å². The molecule has 0 amide bonds. The van der Waals surface area contributed by atoms with Crippen LogP contribution in [0.5, 0.6) is 5.88 Å². The number of aromatic nitrogens is 3. The Morgan fingerprint density at radius 3 is 2.96 bits per heavy atom. The van der Waals surface area contributed by atoms with Gasteiger partial charge in [0.05, 0.1) is 11.3 Å². The SMILES string of the molecule is Cc1cccc(-n2nc3c(c2O)CN(CC2=CCCC=C2)CC3)n1. The van der Waals surface area contributed by atoms with Gasteiger partial charge in [0.25, 0.3) is 0 Å². The fourth-order valence-corrected chi connectivity index (χ4v) is 3.40. The van der Waals surface area contributed by atoms with Gasteiger partial charge in [0.15, 0.2) is 5.82 Å². The molecule has 0 unspecified atom stereocenters. The molecule has 2 aromatic rings. The zero-order valence-corrected chi connectivity index (χ0v) is 13.9. The molecule has 0 saturated heterocycles. The molecule has 1 aliphatic carbocycles. The fraction of sp³-hybridized carbons (Fsp3) is 0.368. The van der Waals surface area contributed by atoms with Crippen LogP contribution in [0.3, 0.4) is 0 Å². The van der Waals surface area contributed by atoms with Gasteiger partial charge in [-0.3, -0.25) is 4.90 Å². The molecule has 2 aliphatic rings. The van der Waals surface area contributed by atoms with E-state index >= 15 is 0 Å². The van der Waals surface area contributed by atoms with Crippen molar-refractivity contribution in [3.05, 3.63) is 59.0 Å². The van der Waals surface area contributed by atoms with Crippen LogP contribution in [0.2, 0.25) is 0 Å². The Morgan fingerprint density at radius 1 is 1.25 bits per heavy atom. The second kappa shape index (κ2) is 6.24. The largest absolute Gasteiger partial charge is 0.493 e. The van der Waals surface area contributed by atoms with Gasteiger partial charge in [0, 0.05) is 31.7 Å². The summed E-state index contributed by atoms with van der Waals surface area (Å²) in [5.74, 6) is 0.896. The Kier molecular flexibility index (Phi) is 3.94. The number of allylic oxidation sites excluding steroid dienone is 2. The smallest absolute Gasteiger partial charge is 0.220 e. The first kappa shape index (κ1) is 15.1. The highest BCUT2D eigenvalue weighted by molar-refractivity contribution is 5.39. The molecular formula is C19H22N4O. The lowest BCUT2D eigenvalue weighted by atomic mass is 10.0. The summed E-state index contributed by atoms with van der Waals surface area (Å²) in [5.41, 5.74) is 4.21. The third-order valence-electron chi connectivity index (χ3n) is 4.65.